The van der Waals surface area contributed by atoms with Gasteiger partial charge in [0, 0.05) is 24.6 Å². The van der Waals surface area contributed by atoms with E-state index in [0.29, 0.717) is 20.2 Å². The molecule has 110 valence electrons. The highest BCUT2D eigenvalue weighted by Crippen LogP contribution is 2.36. The van der Waals surface area contributed by atoms with Gasteiger partial charge in [-0.2, -0.15) is 8.42 Å². The van der Waals surface area contributed by atoms with E-state index in [1.165, 1.54) is 4.90 Å². The fraction of sp³-hybridized carbons (Fsp3) is 0.364. The Bertz CT molecular complexity index is 645. The number of hydrogen-bond acceptors (Lipinski definition) is 3. The molecule has 1 aromatic carbocycles. The summed E-state index contributed by atoms with van der Waals surface area (Å²) in [6, 6.07) is 3.09. The van der Waals surface area contributed by atoms with Crippen molar-refractivity contribution in [2.75, 3.05) is 17.2 Å². The van der Waals surface area contributed by atoms with Gasteiger partial charge in [0.1, 0.15) is 0 Å². The number of benzene rings is 1. The molecule has 1 atom stereocenters. The Labute approximate surface area is 134 Å². The fourth-order valence-corrected chi connectivity index (χ4v) is 3.61. The minimum atomic E-state index is -4.60. The highest BCUT2D eigenvalue weighted by molar-refractivity contribution is 9.10. The molecule has 1 fully saturated rings. The molecule has 1 aliphatic rings. The standard InChI is InChI=1S/C11H9BrCl2FNO3S/c12-11-8(13)2-7(3-9(11)14)16-4-6(1-10(16)17)5-20(15,18)19/h2-3,6H,1,4-5H2. The lowest BCUT2D eigenvalue weighted by Gasteiger charge is -2.17. The van der Waals surface area contributed by atoms with Gasteiger partial charge >= 0.3 is 10.2 Å². The van der Waals surface area contributed by atoms with Crippen LogP contribution in [-0.4, -0.2) is 26.6 Å². The summed E-state index contributed by atoms with van der Waals surface area (Å²) in [6.45, 7) is 0.121. The summed E-state index contributed by atoms with van der Waals surface area (Å²) < 4.78 is 34.5. The third-order valence-electron chi connectivity index (χ3n) is 2.92. The summed E-state index contributed by atoms with van der Waals surface area (Å²) in [5.74, 6) is -1.51. The lowest BCUT2D eigenvalue weighted by molar-refractivity contribution is -0.117. The SMILES string of the molecule is O=C1CC(CS(=O)(=O)F)CN1c1cc(Cl)c(Br)c(Cl)c1. The molecule has 0 N–H and O–H groups in total. The molecule has 0 bridgehead atoms. The summed E-state index contributed by atoms with van der Waals surface area (Å²) in [5, 5.41) is 0.670. The molecule has 1 amide bonds. The van der Waals surface area contributed by atoms with Crippen molar-refractivity contribution in [3.63, 3.8) is 0 Å². The number of amides is 1. The average molecular weight is 405 g/mol. The summed E-state index contributed by atoms with van der Waals surface area (Å²) in [7, 11) is -4.60. The van der Waals surface area contributed by atoms with Crippen LogP contribution in [-0.2, 0) is 15.0 Å². The maximum absolute atomic E-state index is 12.7. The van der Waals surface area contributed by atoms with E-state index in [4.69, 9.17) is 23.2 Å². The molecule has 0 spiro atoms. The third kappa shape index (κ3) is 3.63. The zero-order chi connectivity index (χ0) is 15.1. The quantitative estimate of drug-likeness (QED) is 0.573. The maximum atomic E-state index is 12.7. The van der Waals surface area contributed by atoms with Gasteiger partial charge in [0.25, 0.3) is 0 Å². The van der Waals surface area contributed by atoms with Crippen molar-refractivity contribution in [1.82, 2.24) is 0 Å². The molecule has 20 heavy (non-hydrogen) atoms. The molecule has 0 saturated carbocycles. The molecule has 4 nitrogen and oxygen atoms in total. The lowest BCUT2D eigenvalue weighted by atomic mass is 10.1. The van der Waals surface area contributed by atoms with Gasteiger partial charge in [0.15, 0.2) is 0 Å². The summed E-state index contributed by atoms with van der Waals surface area (Å²) in [6.07, 6.45) is -0.0194. The van der Waals surface area contributed by atoms with Gasteiger partial charge in [-0.25, -0.2) is 0 Å². The number of halogens is 4. The highest BCUT2D eigenvalue weighted by Gasteiger charge is 2.34. The maximum Gasteiger partial charge on any atom is 0.302 e. The zero-order valence-electron chi connectivity index (χ0n) is 9.95. The number of hydrogen-bond donors (Lipinski definition) is 0. The monoisotopic (exact) mass is 403 g/mol. The first-order chi connectivity index (χ1) is 9.17. The number of carbonyl (C=O) groups is 1. The Morgan fingerprint density at radius 3 is 2.40 bits per heavy atom. The Hall–Kier alpha value is -0.370. The summed E-state index contributed by atoms with van der Waals surface area (Å²) >= 11 is 15.1. The Balaban J connectivity index is 2.24. The average Bonchev–Trinajstić information content (AvgIpc) is 2.63. The van der Waals surface area contributed by atoms with Crippen LogP contribution in [0.15, 0.2) is 16.6 Å². The van der Waals surface area contributed by atoms with Crippen LogP contribution < -0.4 is 4.90 Å². The van der Waals surface area contributed by atoms with Crippen LogP contribution in [0, 0.1) is 5.92 Å². The smallest absolute Gasteiger partial charge is 0.302 e. The first-order valence-electron chi connectivity index (χ1n) is 5.54. The predicted octanol–water partition coefficient (Wildman–Crippen LogP) is 3.41. The Kier molecular flexibility index (Phi) is 4.63. The van der Waals surface area contributed by atoms with E-state index >= 15 is 0 Å². The molecule has 1 unspecified atom stereocenters. The number of carbonyl (C=O) groups excluding carboxylic acids is 1. The molecule has 1 heterocycles. The minimum absolute atomic E-state index is 0.0194. The van der Waals surface area contributed by atoms with Gasteiger partial charge in [0.2, 0.25) is 5.91 Å². The number of rotatable bonds is 3. The van der Waals surface area contributed by atoms with E-state index in [2.05, 4.69) is 15.9 Å². The van der Waals surface area contributed by atoms with Crippen LogP contribution in [0.4, 0.5) is 9.57 Å². The molecule has 0 aliphatic carbocycles. The van der Waals surface area contributed by atoms with Crippen molar-refractivity contribution in [3.05, 3.63) is 26.7 Å². The Morgan fingerprint density at radius 1 is 1.35 bits per heavy atom. The number of anilines is 1. The Morgan fingerprint density at radius 2 is 1.90 bits per heavy atom. The fourth-order valence-electron chi connectivity index (χ4n) is 2.12. The van der Waals surface area contributed by atoms with Gasteiger partial charge in [-0.1, -0.05) is 23.2 Å². The van der Waals surface area contributed by atoms with Gasteiger partial charge in [-0.05, 0) is 28.1 Å². The van der Waals surface area contributed by atoms with Crippen LogP contribution in [0.1, 0.15) is 6.42 Å². The van der Waals surface area contributed by atoms with Gasteiger partial charge < -0.3 is 4.90 Å². The second-order valence-corrected chi connectivity index (χ2v) is 7.52. The molecule has 1 aromatic rings. The topological polar surface area (TPSA) is 54.5 Å². The van der Waals surface area contributed by atoms with Crippen molar-refractivity contribution in [3.8, 4) is 0 Å². The third-order valence-corrected chi connectivity index (χ3v) is 5.70. The molecule has 1 aliphatic heterocycles. The van der Waals surface area contributed by atoms with Crippen LogP contribution in [0.25, 0.3) is 0 Å². The van der Waals surface area contributed by atoms with E-state index in [1.54, 1.807) is 12.1 Å². The van der Waals surface area contributed by atoms with Crippen molar-refractivity contribution >= 4 is 60.9 Å². The molecular formula is C11H9BrCl2FNO3S. The second-order valence-electron chi connectivity index (χ2n) is 4.50. The largest absolute Gasteiger partial charge is 0.312 e. The summed E-state index contributed by atoms with van der Waals surface area (Å²) in [4.78, 5) is 13.3. The van der Waals surface area contributed by atoms with Crippen molar-refractivity contribution in [1.29, 1.82) is 0 Å². The molecule has 2 rings (SSSR count). The van der Waals surface area contributed by atoms with E-state index in [-0.39, 0.29) is 18.9 Å². The lowest BCUT2D eigenvalue weighted by Crippen LogP contribution is -2.25. The van der Waals surface area contributed by atoms with Crippen molar-refractivity contribution < 1.29 is 17.1 Å². The first kappa shape index (κ1) is 16.0. The van der Waals surface area contributed by atoms with Crippen molar-refractivity contribution in [2.45, 2.75) is 6.42 Å². The first-order valence-corrected chi connectivity index (χ1v) is 8.65. The van der Waals surface area contributed by atoms with Gasteiger partial charge in [-0.15, -0.1) is 3.89 Å². The second kappa shape index (κ2) is 5.79. The molecule has 1 saturated heterocycles. The van der Waals surface area contributed by atoms with E-state index in [9.17, 15) is 17.1 Å². The van der Waals surface area contributed by atoms with Crippen molar-refractivity contribution in [2.24, 2.45) is 5.92 Å². The normalized spacial score (nSPS) is 19.7. The number of nitrogens with zero attached hydrogens (tertiary/aromatic N) is 1. The molecule has 0 aromatic heterocycles. The van der Waals surface area contributed by atoms with E-state index < -0.39 is 21.9 Å². The predicted molar refractivity (Wildman–Crippen MR) is 79.5 cm³/mol. The van der Waals surface area contributed by atoms with E-state index in [0.717, 1.165) is 0 Å². The van der Waals surface area contributed by atoms with Crippen LogP contribution in [0.3, 0.4) is 0 Å². The zero-order valence-corrected chi connectivity index (χ0v) is 13.9. The molecule has 0 radical (unpaired) electrons. The van der Waals surface area contributed by atoms with Crippen LogP contribution >= 0.6 is 39.1 Å². The highest BCUT2D eigenvalue weighted by atomic mass is 79.9. The minimum Gasteiger partial charge on any atom is -0.312 e. The van der Waals surface area contributed by atoms with Crippen LogP contribution in [0.5, 0.6) is 0 Å². The van der Waals surface area contributed by atoms with E-state index in [1.807, 2.05) is 0 Å². The van der Waals surface area contributed by atoms with Crippen LogP contribution in [0.2, 0.25) is 10.0 Å². The molecular weight excluding hydrogens is 396 g/mol. The molecule has 9 heteroatoms. The van der Waals surface area contributed by atoms with Gasteiger partial charge in [0.05, 0.1) is 20.3 Å². The summed E-state index contributed by atoms with van der Waals surface area (Å²) in [5.41, 5.74) is 0.465. The van der Waals surface area contributed by atoms with Gasteiger partial charge in [-0.3, -0.25) is 4.79 Å².